The Morgan fingerprint density at radius 1 is 0.415 bits per heavy atom. The van der Waals surface area contributed by atoms with Gasteiger partial charge in [0.05, 0.1) is 22.4 Å². The fourth-order valence-corrected chi connectivity index (χ4v) is 8.76. The van der Waals surface area contributed by atoms with E-state index in [1.54, 1.807) is 0 Å². The Morgan fingerprint density at radius 3 is 1.79 bits per heavy atom. The van der Waals surface area contributed by atoms with Crippen molar-refractivity contribution in [1.29, 1.82) is 0 Å². The number of rotatable bonds is 6. The molecule has 8 aromatic carbocycles. The molecule has 2 nitrogen and oxygen atoms in total. The smallest absolute Gasteiger partial charge is 0.0562 e. The quantitative estimate of drug-likeness (QED) is 0.170. The van der Waals surface area contributed by atoms with Gasteiger partial charge in [0.15, 0.2) is 0 Å². The number of anilines is 3. The molecule has 53 heavy (non-hydrogen) atoms. The van der Waals surface area contributed by atoms with Gasteiger partial charge in [-0.05, 0) is 87.5 Å². The molecule has 9 aromatic rings. The van der Waals surface area contributed by atoms with Crippen LogP contribution >= 0.6 is 0 Å². The Hall–Kier alpha value is -6.64. The second kappa shape index (κ2) is 12.3. The molecule has 1 heterocycles. The minimum absolute atomic E-state index is 0.0886. The molecule has 0 unspecified atom stereocenters. The molecular weight excluding hydrogens is 641 g/mol. The Morgan fingerprint density at radius 2 is 0.981 bits per heavy atom. The Kier molecular flexibility index (Phi) is 7.19. The highest BCUT2D eigenvalue weighted by atomic mass is 15.2. The fourth-order valence-electron chi connectivity index (χ4n) is 8.76. The lowest BCUT2D eigenvalue weighted by molar-refractivity contribution is 0.660. The van der Waals surface area contributed by atoms with Gasteiger partial charge >= 0.3 is 0 Å². The standard InChI is InChI=1S/C51H38N2/c1-51(2)43-25-12-9-22-41(43)49-40(24-15-26-44(49)51)39-21-10-13-27-45(39)53(38-33-31-36(32-34-38)35-17-5-3-6-18-35)48-30-16-29-47-50(48)42-23-11-14-28-46(42)52(47)37-19-7-4-8-20-37/h3-34H,1-2H3. The maximum atomic E-state index is 2.49. The molecule has 0 atom stereocenters. The average Bonchev–Trinajstić information content (AvgIpc) is 3.68. The maximum Gasteiger partial charge on any atom is 0.0562 e. The van der Waals surface area contributed by atoms with Gasteiger partial charge in [-0.2, -0.15) is 0 Å². The van der Waals surface area contributed by atoms with Gasteiger partial charge in [0.2, 0.25) is 0 Å². The number of hydrogen-bond acceptors (Lipinski definition) is 1. The first-order valence-corrected chi connectivity index (χ1v) is 18.5. The van der Waals surface area contributed by atoms with Crippen molar-refractivity contribution in [3.05, 3.63) is 205 Å². The lowest BCUT2D eigenvalue weighted by atomic mass is 9.82. The summed E-state index contributed by atoms with van der Waals surface area (Å²) in [5, 5.41) is 2.44. The molecule has 1 aliphatic rings. The van der Waals surface area contributed by atoms with Crippen molar-refractivity contribution in [2.24, 2.45) is 0 Å². The summed E-state index contributed by atoms with van der Waals surface area (Å²) < 4.78 is 2.40. The molecule has 1 aliphatic carbocycles. The third-order valence-electron chi connectivity index (χ3n) is 11.2. The van der Waals surface area contributed by atoms with Gasteiger partial charge in [0.25, 0.3) is 0 Å². The van der Waals surface area contributed by atoms with E-state index in [1.165, 1.54) is 66.3 Å². The molecule has 2 heteroatoms. The minimum atomic E-state index is -0.0886. The molecule has 0 saturated carbocycles. The predicted octanol–water partition coefficient (Wildman–Crippen LogP) is 13.9. The summed E-state index contributed by atoms with van der Waals surface area (Å²) >= 11 is 0. The molecule has 1 aromatic heterocycles. The molecule has 0 N–H and O–H groups in total. The average molecular weight is 679 g/mol. The van der Waals surface area contributed by atoms with Crippen molar-refractivity contribution in [3.8, 4) is 39.1 Å². The molecule has 0 spiro atoms. The molecule has 0 fully saturated rings. The number of fused-ring (bicyclic) bond motifs is 6. The third-order valence-corrected chi connectivity index (χ3v) is 11.2. The molecule has 0 radical (unpaired) electrons. The van der Waals surface area contributed by atoms with Gasteiger partial charge in [0.1, 0.15) is 0 Å². The summed E-state index contributed by atoms with van der Waals surface area (Å²) in [5.74, 6) is 0. The topological polar surface area (TPSA) is 8.17 Å². The number of benzene rings is 8. The highest BCUT2D eigenvalue weighted by Crippen LogP contribution is 2.54. The van der Waals surface area contributed by atoms with Gasteiger partial charge in [-0.25, -0.2) is 0 Å². The number of para-hydroxylation sites is 3. The molecule has 252 valence electrons. The van der Waals surface area contributed by atoms with Crippen LogP contribution in [0.4, 0.5) is 17.1 Å². The van der Waals surface area contributed by atoms with E-state index in [2.05, 4.69) is 217 Å². The first-order chi connectivity index (χ1) is 26.1. The van der Waals surface area contributed by atoms with Crippen LogP contribution in [0.3, 0.4) is 0 Å². The Labute approximate surface area is 310 Å². The van der Waals surface area contributed by atoms with Crippen LogP contribution in [0.5, 0.6) is 0 Å². The zero-order valence-electron chi connectivity index (χ0n) is 29.9. The van der Waals surface area contributed by atoms with Crippen LogP contribution in [0.15, 0.2) is 194 Å². The van der Waals surface area contributed by atoms with Gasteiger partial charge < -0.3 is 9.47 Å². The highest BCUT2D eigenvalue weighted by Gasteiger charge is 2.37. The van der Waals surface area contributed by atoms with Crippen LogP contribution in [0.1, 0.15) is 25.0 Å². The van der Waals surface area contributed by atoms with Crippen LogP contribution in [0, 0.1) is 0 Å². The summed E-state index contributed by atoms with van der Waals surface area (Å²) in [5.41, 5.74) is 17.1. The summed E-state index contributed by atoms with van der Waals surface area (Å²) in [7, 11) is 0. The zero-order valence-corrected chi connectivity index (χ0v) is 29.9. The normalized spacial score (nSPS) is 12.9. The van der Waals surface area contributed by atoms with Crippen LogP contribution in [-0.2, 0) is 5.41 Å². The second-order valence-corrected chi connectivity index (χ2v) is 14.5. The SMILES string of the molecule is CC1(C)c2ccccc2-c2c(-c3ccccc3N(c3ccc(-c4ccccc4)cc3)c3cccc4c3c3ccccc3n4-c3ccccc3)cccc21. The second-order valence-electron chi connectivity index (χ2n) is 14.5. The third kappa shape index (κ3) is 4.87. The minimum Gasteiger partial charge on any atom is -0.309 e. The molecule has 0 saturated heterocycles. The van der Waals surface area contributed by atoms with Crippen molar-refractivity contribution >= 4 is 38.9 Å². The molecule has 0 bridgehead atoms. The predicted molar refractivity (Wildman–Crippen MR) is 224 cm³/mol. The molecular formula is C51H38N2. The van der Waals surface area contributed by atoms with Crippen LogP contribution in [0.25, 0.3) is 60.9 Å². The van der Waals surface area contributed by atoms with Crippen LogP contribution in [0.2, 0.25) is 0 Å². The lowest BCUT2D eigenvalue weighted by Gasteiger charge is -2.29. The number of nitrogens with zero attached hydrogens (tertiary/aromatic N) is 2. The largest absolute Gasteiger partial charge is 0.309 e. The zero-order chi connectivity index (χ0) is 35.5. The van der Waals surface area contributed by atoms with E-state index in [9.17, 15) is 0 Å². The van der Waals surface area contributed by atoms with Crippen LogP contribution in [-0.4, -0.2) is 4.57 Å². The Balaban J connectivity index is 1.26. The molecule has 10 rings (SSSR count). The van der Waals surface area contributed by atoms with Crippen molar-refractivity contribution in [3.63, 3.8) is 0 Å². The van der Waals surface area contributed by atoms with Crippen LogP contribution < -0.4 is 4.90 Å². The van der Waals surface area contributed by atoms with Gasteiger partial charge in [-0.15, -0.1) is 0 Å². The van der Waals surface area contributed by atoms with E-state index in [1.807, 2.05) is 0 Å². The van der Waals surface area contributed by atoms with Crippen molar-refractivity contribution in [1.82, 2.24) is 4.57 Å². The fraction of sp³-hybridized carbons (Fsp3) is 0.0588. The van der Waals surface area contributed by atoms with E-state index in [4.69, 9.17) is 0 Å². The number of aromatic nitrogens is 1. The van der Waals surface area contributed by atoms with Gasteiger partial charge in [0, 0.05) is 33.1 Å². The van der Waals surface area contributed by atoms with E-state index in [0.29, 0.717) is 0 Å². The first kappa shape index (κ1) is 31.1. The van der Waals surface area contributed by atoms with E-state index in [-0.39, 0.29) is 5.41 Å². The van der Waals surface area contributed by atoms with Crippen molar-refractivity contribution < 1.29 is 0 Å². The van der Waals surface area contributed by atoms with Crippen molar-refractivity contribution in [2.75, 3.05) is 4.90 Å². The van der Waals surface area contributed by atoms with Gasteiger partial charge in [-0.1, -0.05) is 159 Å². The van der Waals surface area contributed by atoms with E-state index >= 15 is 0 Å². The summed E-state index contributed by atoms with van der Waals surface area (Å²) in [4.78, 5) is 2.49. The molecule has 0 aliphatic heterocycles. The van der Waals surface area contributed by atoms with E-state index < -0.39 is 0 Å². The highest BCUT2D eigenvalue weighted by molar-refractivity contribution is 6.17. The summed E-state index contributed by atoms with van der Waals surface area (Å²) in [6, 6.07) is 70.8. The Bertz CT molecular complexity index is 2790. The maximum absolute atomic E-state index is 2.49. The van der Waals surface area contributed by atoms with Crippen molar-refractivity contribution in [2.45, 2.75) is 19.3 Å². The summed E-state index contributed by atoms with van der Waals surface area (Å²) in [6.07, 6.45) is 0. The number of hydrogen-bond donors (Lipinski definition) is 0. The monoisotopic (exact) mass is 678 g/mol. The summed E-state index contributed by atoms with van der Waals surface area (Å²) in [6.45, 7) is 4.72. The first-order valence-electron chi connectivity index (χ1n) is 18.5. The molecule has 0 amide bonds. The van der Waals surface area contributed by atoms with E-state index in [0.717, 1.165) is 22.7 Å². The lowest BCUT2D eigenvalue weighted by Crippen LogP contribution is -2.15. The van der Waals surface area contributed by atoms with Gasteiger partial charge in [-0.3, -0.25) is 0 Å².